The minimum Gasteiger partial charge on any atom is -0.355 e. The number of benzene rings is 1. The molecule has 0 fully saturated rings. The molecule has 0 spiro atoms. The van der Waals surface area contributed by atoms with Gasteiger partial charge in [0.05, 0.1) is 0 Å². The fourth-order valence-corrected chi connectivity index (χ4v) is 1.56. The number of carbonyl (C=O) groups excluding carboxylic acids is 2. The van der Waals surface area contributed by atoms with Gasteiger partial charge < -0.3 is 16.0 Å². The number of likely N-dealkylation sites (N-methyl/N-ethyl adjacent to an activating group) is 1. The van der Waals surface area contributed by atoms with E-state index in [0.717, 1.165) is 6.54 Å². The fourth-order valence-electron chi connectivity index (χ4n) is 1.56. The van der Waals surface area contributed by atoms with E-state index in [9.17, 15) is 9.59 Å². The Morgan fingerprint density at radius 2 is 1.70 bits per heavy atom. The third-order valence-electron chi connectivity index (χ3n) is 2.60. The van der Waals surface area contributed by atoms with Gasteiger partial charge in [-0.3, -0.25) is 9.59 Å². The number of halogens is 1. The van der Waals surface area contributed by atoms with Gasteiger partial charge in [-0.15, -0.1) is 12.4 Å². The molecule has 2 amide bonds. The average molecular weight is 300 g/mol. The summed E-state index contributed by atoms with van der Waals surface area (Å²) in [6.45, 7) is 1.90. The summed E-state index contributed by atoms with van der Waals surface area (Å²) < 4.78 is 0. The summed E-state index contributed by atoms with van der Waals surface area (Å²) in [7, 11) is 1.84. The summed E-state index contributed by atoms with van der Waals surface area (Å²) in [5.41, 5.74) is 0.640. The van der Waals surface area contributed by atoms with Gasteiger partial charge in [-0.2, -0.15) is 0 Å². The van der Waals surface area contributed by atoms with Gasteiger partial charge in [0.1, 0.15) is 0 Å². The molecule has 0 heterocycles. The van der Waals surface area contributed by atoms with Gasteiger partial charge in [-0.25, -0.2) is 0 Å². The van der Waals surface area contributed by atoms with Gasteiger partial charge in [0.25, 0.3) is 5.91 Å². The Balaban J connectivity index is 0.00000361. The minimum absolute atomic E-state index is 0. The van der Waals surface area contributed by atoms with Crippen molar-refractivity contribution in [2.75, 3.05) is 26.7 Å². The number of rotatable bonds is 8. The Morgan fingerprint density at radius 3 is 2.35 bits per heavy atom. The number of hydrogen-bond acceptors (Lipinski definition) is 3. The van der Waals surface area contributed by atoms with Crippen molar-refractivity contribution >= 4 is 24.2 Å². The molecular weight excluding hydrogens is 278 g/mol. The van der Waals surface area contributed by atoms with Crippen LogP contribution in [0, 0.1) is 0 Å². The first kappa shape index (κ1) is 18.4. The normalized spacial score (nSPS) is 9.45. The standard InChI is InChI=1S/C14H21N3O2.ClH/c1-15-10-11-16-13(18)8-5-9-17-14(19)12-6-3-2-4-7-12;/h2-4,6-7,15H,5,8-11H2,1H3,(H,16,18)(H,17,19);1H. The molecule has 1 aromatic carbocycles. The van der Waals surface area contributed by atoms with E-state index >= 15 is 0 Å². The first-order valence-electron chi connectivity index (χ1n) is 6.48. The van der Waals surface area contributed by atoms with E-state index < -0.39 is 0 Å². The van der Waals surface area contributed by atoms with Crippen LogP contribution in [0.4, 0.5) is 0 Å². The maximum atomic E-state index is 11.7. The van der Waals surface area contributed by atoms with Gasteiger partial charge in [0, 0.05) is 31.6 Å². The van der Waals surface area contributed by atoms with E-state index in [2.05, 4.69) is 16.0 Å². The number of nitrogens with one attached hydrogen (secondary N) is 3. The summed E-state index contributed by atoms with van der Waals surface area (Å²) in [6.07, 6.45) is 1.07. The Hall–Kier alpha value is -1.59. The van der Waals surface area contributed by atoms with Crippen LogP contribution < -0.4 is 16.0 Å². The van der Waals surface area contributed by atoms with Crippen molar-refractivity contribution in [2.24, 2.45) is 0 Å². The highest BCUT2D eigenvalue weighted by atomic mass is 35.5. The molecule has 6 heteroatoms. The third kappa shape index (κ3) is 7.76. The molecular formula is C14H22ClN3O2. The maximum absolute atomic E-state index is 11.7. The Labute approximate surface area is 125 Å². The van der Waals surface area contributed by atoms with Gasteiger partial charge in [-0.05, 0) is 25.6 Å². The first-order chi connectivity index (χ1) is 9.24. The molecule has 1 rings (SSSR count). The lowest BCUT2D eigenvalue weighted by Crippen LogP contribution is -2.31. The van der Waals surface area contributed by atoms with Crippen LogP contribution in [0.5, 0.6) is 0 Å². The van der Waals surface area contributed by atoms with E-state index in [1.807, 2.05) is 25.2 Å². The Kier molecular flexibility index (Phi) is 10.4. The molecule has 20 heavy (non-hydrogen) atoms. The lowest BCUT2D eigenvalue weighted by atomic mass is 10.2. The van der Waals surface area contributed by atoms with E-state index in [1.54, 1.807) is 12.1 Å². The molecule has 0 saturated heterocycles. The first-order valence-corrected chi connectivity index (χ1v) is 6.48. The van der Waals surface area contributed by atoms with Crippen molar-refractivity contribution in [1.82, 2.24) is 16.0 Å². The minimum atomic E-state index is -0.101. The number of hydrogen-bond donors (Lipinski definition) is 3. The molecule has 0 aliphatic carbocycles. The summed E-state index contributed by atoms with van der Waals surface area (Å²) in [4.78, 5) is 23.1. The molecule has 0 unspecified atom stereocenters. The van der Waals surface area contributed by atoms with Gasteiger partial charge in [-0.1, -0.05) is 18.2 Å². The smallest absolute Gasteiger partial charge is 0.251 e. The zero-order chi connectivity index (χ0) is 13.9. The molecule has 0 atom stereocenters. The van der Waals surface area contributed by atoms with E-state index in [-0.39, 0.29) is 24.2 Å². The monoisotopic (exact) mass is 299 g/mol. The van der Waals surface area contributed by atoms with Gasteiger partial charge in [0.2, 0.25) is 5.91 Å². The summed E-state index contributed by atoms with van der Waals surface area (Å²) in [6, 6.07) is 9.04. The highest BCUT2D eigenvalue weighted by Gasteiger charge is 2.04. The van der Waals surface area contributed by atoms with Gasteiger partial charge in [0.15, 0.2) is 0 Å². The van der Waals surface area contributed by atoms with Crippen molar-refractivity contribution in [3.05, 3.63) is 35.9 Å². The predicted octanol–water partition coefficient (Wildman–Crippen LogP) is 0.954. The maximum Gasteiger partial charge on any atom is 0.251 e. The second kappa shape index (κ2) is 11.3. The number of carbonyl (C=O) groups is 2. The summed E-state index contributed by atoms with van der Waals surface area (Å²) >= 11 is 0. The Morgan fingerprint density at radius 1 is 1.00 bits per heavy atom. The molecule has 1 aromatic rings. The van der Waals surface area contributed by atoms with Crippen LogP contribution in [0.25, 0.3) is 0 Å². The van der Waals surface area contributed by atoms with Crippen LogP contribution in [0.1, 0.15) is 23.2 Å². The summed E-state index contributed by atoms with van der Waals surface area (Å²) in [5.74, 6) is -0.0830. The molecule has 0 saturated carbocycles. The van der Waals surface area contributed by atoms with Crippen LogP contribution >= 0.6 is 12.4 Å². The molecule has 0 aromatic heterocycles. The fraction of sp³-hybridized carbons (Fsp3) is 0.429. The van der Waals surface area contributed by atoms with Crippen molar-refractivity contribution < 1.29 is 9.59 Å². The quantitative estimate of drug-likeness (QED) is 0.626. The zero-order valence-electron chi connectivity index (χ0n) is 11.6. The number of amides is 2. The predicted molar refractivity (Wildman–Crippen MR) is 82.2 cm³/mol. The van der Waals surface area contributed by atoms with E-state index in [1.165, 1.54) is 0 Å². The molecule has 112 valence electrons. The van der Waals surface area contributed by atoms with Crippen molar-refractivity contribution in [1.29, 1.82) is 0 Å². The second-order valence-corrected chi connectivity index (χ2v) is 4.18. The van der Waals surface area contributed by atoms with Crippen LogP contribution in [0.2, 0.25) is 0 Å². The molecule has 5 nitrogen and oxygen atoms in total. The van der Waals surface area contributed by atoms with E-state index in [0.29, 0.717) is 31.5 Å². The SMILES string of the molecule is CNCCNC(=O)CCCNC(=O)c1ccccc1.Cl. The lowest BCUT2D eigenvalue weighted by molar-refractivity contribution is -0.121. The summed E-state index contributed by atoms with van der Waals surface area (Å²) in [5, 5.41) is 8.53. The molecule has 0 aliphatic heterocycles. The molecule has 3 N–H and O–H groups in total. The highest BCUT2D eigenvalue weighted by molar-refractivity contribution is 5.94. The zero-order valence-corrected chi connectivity index (χ0v) is 12.5. The highest BCUT2D eigenvalue weighted by Crippen LogP contribution is 1.98. The van der Waals surface area contributed by atoms with Crippen molar-refractivity contribution in [2.45, 2.75) is 12.8 Å². The second-order valence-electron chi connectivity index (χ2n) is 4.18. The van der Waals surface area contributed by atoms with Crippen LogP contribution in [0.3, 0.4) is 0 Å². The van der Waals surface area contributed by atoms with Crippen molar-refractivity contribution in [3.63, 3.8) is 0 Å². The molecule has 0 aliphatic rings. The van der Waals surface area contributed by atoms with Crippen LogP contribution in [0.15, 0.2) is 30.3 Å². The molecule has 0 bridgehead atoms. The Bertz CT molecular complexity index is 399. The van der Waals surface area contributed by atoms with Crippen LogP contribution in [-0.2, 0) is 4.79 Å². The third-order valence-corrected chi connectivity index (χ3v) is 2.60. The van der Waals surface area contributed by atoms with Gasteiger partial charge >= 0.3 is 0 Å². The average Bonchev–Trinajstić information content (AvgIpc) is 2.44. The lowest BCUT2D eigenvalue weighted by Gasteiger charge is -2.06. The largest absolute Gasteiger partial charge is 0.355 e. The van der Waals surface area contributed by atoms with Crippen molar-refractivity contribution in [3.8, 4) is 0 Å². The topological polar surface area (TPSA) is 70.2 Å². The molecule has 0 radical (unpaired) electrons. The van der Waals surface area contributed by atoms with Crippen LogP contribution in [-0.4, -0.2) is 38.5 Å². The van der Waals surface area contributed by atoms with E-state index in [4.69, 9.17) is 0 Å².